The van der Waals surface area contributed by atoms with Crippen LogP contribution in [0.3, 0.4) is 0 Å². The number of aromatic nitrogens is 1. The molecule has 0 saturated carbocycles. The molecule has 1 aromatic heterocycles. The second kappa shape index (κ2) is 6.72. The average Bonchev–Trinajstić information content (AvgIpc) is 3.22. The van der Waals surface area contributed by atoms with Crippen LogP contribution in [0.4, 0.5) is 13.2 Å². The smallest absolute Gasteiger partial charge is 0.419 e. The zero-order valence-electron chi connectivity index (χ0n) is 15.7. The van der Waals surface area contributed by atoms with Gasteiger partial charge < -0.3 is 9.47 Å². The van der Waals surface area contributed by atoms with Crippen molar-refractivity contribution >= 4 is 33.5 Å². The fourth-order valence-electron chi connectivity index (χ4n) is 3.73. The third kappa shape index (κ3) is 2.73. The Morgan fingerprint density at radius 1 is 1.10 bits per heavy atom. The van der Waals surface area contributed by atoms with Crippen molar-refractivity contribution in [1.82, 2.24) is 4.98 Å². The lowest BCUT2D eigenvalue weighted by Gasteiger charge is -2.32. The number of halogens is 3. The van der Waals surface area contributed by atoms with Crippen LogP contribution in [0.15, 0.2) is 47.5 Å². The minimum absolute atomic E-state index is 0.0227. The van der Waals surface area contributed by atoms with Crippen LogP contribution in [0, 0.1) is 6.92 Å². The number of hydrogen-bond donors (Lipinski definition) is 0. The second-order valence-corrected chi connectivity index (χ2v) is 6.80. The van der Waals surface area contributed by atoms with Crippen molar-refractivity contribution < 1.29 is 27.4 Å². The summed E-state index contributed by atoms with van der Waals surface area (Å²) in [4.78, 5) is 20.9. The highest BCUT2D eigenvalue weighted by molar-refractivity contribution is 6.15. The Labute approximate surface area is 164 Å². The van der Waals surface area contributed by atoms with Crippen LogP contribution >= 0.6 is 0 Å². The molecule has 0 saturated heterocycles. The van der Waals surface area contributed by atoms with Gasteiger partial charge in [-0.25, -0.2) is 0 Å². The summed E-state index contributed by atoms with van der Waals surface area (Å²) in [6, 6.07) is 11.8. The number of esters is 1. The number of benzene rings is 2. The van der Waals surface area contributed by atoms with Crippen molar-refractivity contribution in [2.75, 3.05) is 20.3 Å². The van der Waals surface area contributed by atoms with Crippen molar-refractivity contribution in [3.05, 3.63) is 53.7 Å². The van der Waals surface area contributed by atoms with Crippen LogP contribution in [0.25, 0.3) is 21.7 Å². The number of carbonyl (C=O) groups excluding carboxylic acids is 1. The Morgan fingerprint density at radius 3 is 2.45 bits per heavy atom. The van der Waals surface area contributed by atoms with Crippen LogP contribution in [0.5, 0.6) is 0 Å². The average molecular weight is 402 g/mol. The van der Waals surface area contributed by atoms with E-state index in [9.17, 15) is 18.0 Å². The molecule has 8 heteroatoms. The molecule has 0 radical (unpaired) electrons. The summed E-state index contributed by atoms with van der Waals surface area (Å²) in [7, 11) is 0.908. The summed E-state index contributed by atoms with van der Waals surface area (Å²) in [6.07, 6.45) is -5.09. The Bertz CT molecular complexity index is 1160. The number of methoxy groups -OCH3 is 1. The predicted octanol–water partition coefficient (Wildman–Crippen LogP) is 4.10. The molecule has 1 atom stereocenters. The molecular formula is C21H17F3N2O3. The lowest BCUT2D eigenvalue weighted by Crippen LogP contribution is -2.56. The third-order valence-corrected chi connectivity index (χ3v) is 5.03. The van der Waals surface area contributed by atoms with E-state index in [-0.39, 0.29) is 18.5 Å². The number of alkyl halides is 3. The van der Waals surface area contributed by atoms with Crippen molar-refractivity contribution in [3.63, 3.8) is 0 Å². The number of hydrogen-bond acceptors (Lipinski definition) is 5. The first-order chi connectivity index (χ1) is 13.8. The number of pyridine rings is 1. The molecule has 0 spiro atoms. The van der Waals surface area contributed by atoms with E-state index in [1.807, 2.05) is 13.0 Å². The highest BCUT2D eigenvalue weighted by Crippen LogP contribution is 2.47. The lowest BCUT2D eigenvalue weighted by molar-refractivity contribution is -0.195. The maximum Gasteiger partial charge on any atom is 0.419 e. The van der Waals surface area contributed by atoms with Crippen LogP contribution in [0.2, 0.25) is 0 Å². The van der Waals surface area contributed by atoms with Gasteiger partial charge in [0.1, 0.15) is 6.61 Å². The molecule has 2 aromatic carbocycles. The first kappa shape index (κ1) is 19.2. The minimum atomic E-state index is -5.09. The molecule has 1 unspecified atom stereocenters. The van der Waals surface area contributed by atoms with Gasteiger partial charge in [0.05, 0.1) is 24.9 Å². The second-order valence-electron chi connectivity index (χ2n) is 6.80. The summed E-state index contributed by atoms with van der Waals surface area (Å²) in [5.41, 5.74) is -2.47. The Kier molecular flexibility index (Phi) is 4.44. The standard InChI is InChI=1S/C21H17F3N2O3/c1-12-7-8-16-15(11-12)13-5-3-4-6-14(13)17(26-16)20(19(27)28-2,21(22,23)24)18-25-9-10-29-18/h3-8,11H,9-10H2,1-2H3. The van der Waals surface area contributed by atoms with E-state index in [2.05, 4.69) is 14.7 Å². The van der Waals surface area contributed by atoms with E-state index in [0.29, 0.717) is 16.3 Å². The summed E-state index contributed by atoms with van der Waals surface area (Å²) in [6.45, 7) is 1.86. The molecule has 0 fully saturated rings. The van der Waals surface area contributed by atoms with E-state index >= 15 is 0 Å². The highest BCUT2D eigenvalue weighted by Gasteiger charge is 2.69. The summed E-state index contributed by atoms with van der Waals surface area (Å²) >= 11 is 0. The van der Waals surface area contributed by atoms with Crippen molar-refractivity contribution in [1.29, 1.82) is 0 Å². The van der Waals surface area contributed by atoms with Crippen molar-refractivity contribution in [2.24, 2.45) is 4.99 Å². The van der Waals surface area contributed by atoms with Gasteiger partial charge in [-0.2, -0.15) is 13.2 Å². The van der Waals surface area contributed by atoms with E-state index in [1.54, 1.807) is 30.3 Å². The number of aliphatic imine (C=N–C) groups is 1. The maximum atomic E-state index is 14.6. The molecule has 0 bridgehead atoms. The summed E-state index contributed by atoms with van der Waals surface area (Å²) < 4.78 is 53.7. The number of nitrogens with zero attached hydrogens (tertiary/aromatic N) is 2. The van der Waals surface area contributed by atoms with Crippen LogP contribution in [0.1, 0.15) is 11.3 Å². The third-order valence-electron chi connectivity index (χ3n) is 5.03. The summed E-state index contributed by atoms with van der Waals surface area (Å²) in [5, 5.41) is 1.43. The maximum absolute atomic E-state index is 14.6. The van der Waals surface area contributed by atoms with Crippen LogP contribution in [-0.2, 0) is 19.7 Å². The predicted molar refractivity (Wildman–Crippen MR) is 102 cm³/mol. The van der Waals surface area contributed by atoms with E-state index in [4.69, 9.17) is 4.74 Å². The molecule has 0 aliphatic carbocycles. The SMILES string of the molecule is COC(=O)C(C1=NCCO1)(c1nc2ccc(C)cc2c2ccccc12)C(F)(F)F. The zero-order valence-corrected chi connectivity index (χ0v) is 15.7. The Morgan fingerprint density at radius 2 is 1.83 bits per heavy atom. The van der Waals surface area contributed by atoms with Crippen molar-refractivity contribution in [3.8, 4) is 0 Å². The molecule has 150 valence electrons. The topological polar surface area (TPSA) is 60.8 Å². The first-order valence-electron chi connectivity index (χ1n) is 8.93. The number of rotatable bonds is 3. The number of ether oxygens (including phenoxy) is 2. The van der Waals surface area contributed by atoms with Gasteiger partial charge in [0.25, 0.3) is 5.41 Å². The first-order valence-corrected chi connectivity index (χ1v) is 8.93. The zero-order chi connectivity index (χ0) is 20.8. The molecule has 1 aliphatic rings. The van der Waals surface area contributed by atoms with Crippen LogP contribution < -0.4 is 0 Å². The fraction of sp³-hybridized carbons (Fsp3) is 0.286. The van der Waals surface area contributed by atoms with Gasteiger partial charge in [0.15, 0.2) is 0 Å². The van der Waals surface area contributed by atoms with Gasteiger partial charge >= 0.3 is 12.1 Å². The number of fused-ring (bicyclic) bond motifs is 3. The normalized spacial score (nSPS) is 16.4. The molecule has 0 N–H and O–H groups in total. The van der Waals surface area contributed by atoms with Gasteiger partial charge in [-0.1, -0.05) is 35.9 Å². The number of aryl methyl sites for hydroxylation is 1. The lowest BCUT2D eigenvalue weighted by atomic mass is 9.79. The molecule has 3 aromatic rings. The molecule has 1 aliphatic heterocycles. The molecular weight excluding hydrogens is 385 g/mol. The van der Waals surface area contributed by atoms with Gasteiger partial charge in [0, 0.05) is 10.8 Å². The monoisotopic (exact) mass is 402 g/mol. The van der Waals surface area contributed by atoms with E-state index in [0.717, 1.165) is 12.7 Å². The summed E-state index contributed by atoms with van der Waals surface area (Å²) in [5.74, 6) is -2.27. The minimum Gasteiger partial charge on any atom is -0.478 e. The number of carbonyl (C=O) groups is 1. The molecule has 0 amide bonds. The largest absolute Gasteiger partial charge is 0.478 e. The molecule has 4 rings (SSSR count). The Balaban J connectivity index is 2.21. The fourth-order valence-corrected chi connectivity index (χ4v) is 3.73. The Hall–Kier alpha value is -3.16. The molecule has 29 heavy (non-hydrogen) atoms. The van der Waals surface area contributed by atoms with Gasteiger partial charge in [-0.3, -0.25) is 14.8 Å². The van der Waals surface area contributed by atoms with Gasteiger partial charge in [-0.05, 0) is 24.4 Å². The molecule has 5 nitrogen and oxygen atoms in total. The van der Waals surface area contributed by atoms with Crippen LogP contribution in [-0.4, -0.2) is 43.3 Å². The van der Waals surface area contributed by atoms with E-state index in [1.165, 1.54) is 6.07 Å². The van der Waals surface area contributed by atoms with Crippen molar-refractivity contribution in [2.45, 2.75) is 18.5 Å². The van der Waals surface area contributed by atoms with Gasteiger partial charge in [0.2, 0.25) is 5.90 Å². The highest BCUT2D eigenvalue weighted by atomic mass is 19.4. The quantitative estimate of drug-likeness (QED) is 0.489. The van der Waals surface area contributed by atoms with E-state index < -0.39 is 29.2 Å². The molecule has 2 heterocycles. The van der Waals surface area contributed by atoms with Gasteiger partial charge in [-0.15, -0.1) is 0 Å².